The number of rotatable bonds is 3. The van der Waals surface area contributed by atoms with Crippen LogP contribution < -0.4 is 5.32 Å². The molecule has 0 aliphatic heterocycles. The third-order valence-electron chi connectivity index (χ3n) is 4.26. The molecule has 2 N–H and O–H groups in total. The van der Waals surface area contributed by atoms with Crippen molar-refractivity contribution in [3.8, 4) is 11.5 Å². The first-order valence-corrected chi connectivity index (χ1v) is 8.20. The number of carbonyl (C=O) groups excluding carboxylic acids is 1. The second-order valence-electron chi connectivity index (χ2n) is 6.19. The molecule has 1 aromatic carbocycles. The number of amides is 1. The first kappa shape index (κ1) is 17.8. The maximum absolute atomic E-state index is 13.1. The summed E-state index contributed by atoms with van der Waals surface area (Å²) in [5, 5.41) is 9.09. The van der Waals surface area contributed by atoms with Crippen LogP contribution in [0.15, 0.2) is 40.9 Å². The normalized spacial score (nSPS) is 11.9. The number of alkyl halides is 3. The fraction of sp³-hybridized carbons (Fsp3) is 0.167. The summed E-state index contributed by atoms with van der Waals surface area (Å²) >= 11 is 0. The molecular formula is C18H14F3N5O2. The Labute approximate surface area is 156 Å². The Hall–Kier alpha value is -3.56. The highest BCUT2D eigenvalue weighted by molar-refractivity contribution is 6.06. The number of nitrogens with one attached hydrogen (secondary N) is 2. The number of imidazole rings is 1. The Kier molecular flexibility index (Phi) is 3.98. The molecule has 0 bridgehead atoms. The Morgan fingerprint density at radius 3 is 2.75 bits per heavy atom. The first-order valence-electron chi connectivity index (χ1n) is 8.20. The zero-order valence-electron chi connectivity index (χ0n) is 14.8. The van der Waals surface area contributed by atoms with E-state index in [-0.39, 0.29) is 11.4 Å². The van der Waals surface area contributed by atoms with E-state index in [1.807, 2.05) is 24.3 Å². The lowest BCUT2D eigenvalue weighted by atomic mass is 10.2. The molecule has 3 aromatic heterocycles. The lowest BCUT2D eigenvalue weighted by Crippen LogP contribution is -2.17. The summed E-state index contributed by atoms with van der Waals surface area (Å²) < 4.78 is 45.8. The van der Waals surface area contributed by atoms with E-state index >= 15 is 0 Å². The molecule has 0 atom stereocenters. The summed E-state index contributed by atoms with van der Waals surface area (Å²) in [4.78, 5) is 17.0. The zero-order chi connectivity index (χ0) is 20.1. The van der Waals surface area contributed by atoms with Crippen LogP contribution in [0.3, 0.4) is 0 Å². The summed E-state index contributed by atoms with van der Waals surface area (Å²) in [6.45, 7) is 1.34. The molecule has 0 saturated heterocycles. The van der Waals surface area contributed by atoms with Crippen LogP contribution in [0, 0.1) is 6.92 Å². The van der Waals surface area contributed by atoms with Crippen LogP contribution >= 0.6 is 0 Å². The van der Waals surface area contributed by atoms with E-state index < -0.39 is 23.4 Å². The van der Waals surface area contributed by atoms with E-state index in [1.54, 1.807) is 11.6 Å². The minimum absolute atomic E-state index is 0.0137. The molecule has 0 fully saturated rings. The molecule has 0 aliphatic rings. The van der Waals surface area contributed by atoms with E-state index in [4.69, 9.17) is 0 Å². The minimum atomic E-state index is -4.78. The van der Waals surface area contributed by atoms with Crippen LogP contribution in [0.5, 0.6) is 0 Å². The Morgan fingerprint density at radius 1 is 1.29 bits per heavy atom. The second kappa shape index (κ2) is 6.25. The van der Waals surface area contributed by atoms with Gasteiger partial charge in [0.2, 0.25) is 5.76 Å². The van der Waals surface area contributed by atoms with Gasteiger partial charge in [-0.05, 0) is 25.1 Å². The van der Waals surface area contributed by atoms with Gasteiger partial charge in [-0.1, -0.05) is 12.1 Å². The standard InChI is InChI=1S/C18H14F3N5O2/c1-9-7-10(15(28-9)18(19,20)21)17(27)24-12-8-22-25-14(12)16-23-11-5-3-4-6-13(11)26(16)2/h3-8H,1-2H3,(H,22,25)(H,24,27). The highest BCUT2D eigenvalue weighted by Crippen LogP contribution is 2.35. The first-order chi connectivity index (χ1) is 13.3. The molecule has 144 valence electrons. The van der Waals surface area contributed by atoms with E-state index in [1.165, 1.54) is 13.1 Å². The quantitative estimate of drug-likeness (QED) is 0.551. The number of furan rings is 1. The molecule has 4 rings (SSSR count). The van der Waals surface area contributed by atoms with Gasteiger partial charge in [-0.15, -0.1) is 0 Å². The largest absolute Gasteiger partial charge is 0.456 e. The number of carbonyl (C=O) groups is 1. The fourth-order valence-electron chi connectivity index (χ4n) is 3.00. The predicted molar refractivity (Wildman–Crippen MR) is 94.7 cm³/mol. The maximum atomic E-state index is 13.1. The van der Waals surface area contributed by atoms with Gasteiger partial charge in [0.15, 0.2) is 5.82 Å². The smallest absolute Gasteiger partial charge is 0.450 e. The number of anilines is 1. The summed E-state index contributed by atoms with van der Waals surface area (Å²) in [5.74, 6) is -1.82. The van der Waals surface area contributed by atoms with Crippen molar-refractivity contribution in [2.75, 3.05) is 5.32 Å². The number of fused-ring (bicyclic) bond motifs is 1. The highest BCUT2D eigenvalue weighted by Gasteiger charge is 2.40. The third kappa shape index (κ3) is 2.92. The van der Waals surface area contributed by atoms with Crippen molar-refractivity contribution >= 4 is 22.6 Å². The van der Waals surface area contributed by atoms with Crippen LogP contribution in [-0.2, 0) is 13.2 Å². The molecule has 0 saturated carbocycles. The number of H-pyrrole nitrogens is 1. The number of hydrogen-bond acceptors (Lipinski definition) is 4. The van der Waals surface area contributed by atoms with Crippen LogP contribution in [0.1, 0.15) is 21.9 Å². The van der Waals surface area contributed by atoms with Crippen molar-refractivity contribution < 1.29 is 22.4 Å². The van der Waals surface area contributed by atoms with Gasteiger partial charge in [0.05, 0.1) is 28.5 Å². The summed E-state index contributed by atoms with van der Waals surface area (Å²) in [7, 11) is 1.79. The number of halogens is 3. The monoisotopic (exact) mass is 389 g/mol. The van der Waals surface area contributed by atoms with E-state index in [0.717, 1.165) is 17.1 Å². The third-order valence-corrected chi connectivity index (χ3v) is 4.26. The molecular weight excluding hydrogens is 375 g/mol. The van der Waals surface area contributed by atoms with E-state index in [0.29, 0.717) is 11.5 Å². The molecule has 0 aliphatic carbocycles. The number of aromatic amines is 1. The Bertz CT molecular complexity index is 1190. The summed E-state index contributed by atoms with van der Waals surface area (Å²) in [6, 6.07) is 8.46. The second-order valence-corrected chi connectivity index (χ2v) is 6.19. The molecule has 3 heterocycles. The minimum Gasteiger partial charge on any atom is -0.456 e. The van der Waals surface area contributed by atoms with Crippen LogP contribution in [0.25, 0.3) is 22.6 Å². The molecule has 0 spiro atoms. The topological polar surface area (TPSA) is 88.7 Å². The molecule has 10 heteroatoms. The van der Waals surface area contributed by atoms with Gasteiger partial charge < -0.3 is 14.3 Å². The van der Waals surface area contributed by atoms with Crippen LogP contribution in [-0.4, -0.2) is 25.7 Å². The van der Waals surface area contributed by atoms with Crippen molar-refractivity contribution in [2.24, 2.45) is 7.05 Å². The number of aryl methyl sites for hydroxylation is 2. The van der Waals surface area contributed by atoms with Gasteiger partial charge in [-0.25, -0.2) is 4.98 Å². The molecule has 4 aromatic rings. The van der Waals surface area contributed by atoms with Crippen molar-refractivity contribution in [3.63, 3.8) is 0 Å². The fourth-order valence-corrected chi connectivity index (χ4v) is 3.00. The van der Waals surface area contributed by atoms with Crippen LogP contribution in [0.4, 0.5) is 18.9 Å². The van der Waals surface area contributed by atoms with Crippen molar-refractivity contribution in [2.45, 2.75) is 13.1 Å². The lowest BCUT2D eigenvalue weighted by molar-refractivity contribution is -0.153. The van der Waals surface area contributed by atoms with E-state index in [2.05, 4.69) is 24.9 Å². The highest BCUT2D eigenvalue weighted by atomic mass is 19.4. The molecule has 7 nitrogen and oxygen atoms in total. The molecule has 0 radical (unpaired) electrons. The van der Waals surface area contributed by atoms with Crippen LogP contribution in [0.2, 0.25) is 0 Å². The zero-order valence-corrected chi connectivity index (χ0v) is 14.8. The number of benzene rings is 1. The average Bonchev–Trinajstić information content (AvgIpc) is 3.32. The number of nitrogens with zero attached hydrogens (tertiary/aromatic N) is 3. The van der Waals surface area contributed by atoms with Gasteiger partial charge in [0, 0.05) is 7.05 Å². The van der Waals surface area contributed by atoms with Gasteiger partial charge in [0.1, 0.15) is 11.5 Å². The number of aromatic nitrogens is 4. The summed E-state index contributed by atoms with van der Waals surface area (Å²) in [6.07, 6.45) is -3.47. The Morgan fingerprint density at radius 2 is 2.04 bits per heavy atom. The Balaban J connectivity index is 1.71. The number of para-hydroxylation sites is 2. The van der Waals surface area contributed by atoms with Gasteiger partial charge >= 0.3 is 6.18 Å². The van der Waals surface area contributed by atoms with Gasteiger partial charge in [0.25, 0.3) is 5.91 Å². The van der Waals surface area contributed by atoms with Crippen molar-refractivity contribution in [1.82, 2.24) is 19.7 Å². The molecule has 28 heavy (non-hydrogen) atoms. The predicted octanol–water partition coefficient (Wildman–Crippen LogP) is 4.14. The van der Waals surface area contributed by atoms with Gasteiger partial charge in [-0.2, -0.15) is 18.3 Å². The maximum Gasteiger partial charge on any atom is 0.450 e. The van der Waals surface area contributed by atoms with Gasteiger partial charge in [-0.3, -0.25) is 9.89 Å². The van der Waals surface area contributed by atoms with E-state index in [9.17, 15) is 18.0 Å². The number of hydrogen-bond donors (Lipinski definition) is 2. The summed E-state index contributed by atoms with van der Waals surface area (Å²) in [5.41, 5.74) is 1.57. The van der Waals surface area contributed by atoms with Crippen molar-refractivity contribution in [1.29, 1.82) is 0 Å². The molecule has 1 amide bonds. The lowest BCUT2D eigenvalue weighted by Gasteiger charge is -2.08. The molecule has 0 unspecified atom stereocenters. The average molecular weight is 389 g/mol. The van der Waals surface area contributed by atoms with Crippen molar-refractivity contribution in [3.05, 3.63) is 53.6 Å². The SMILES string of the molecule is Cc1cc(C(=O)Nc2cn[nH]c2-c2nc3ccccc3n2C)c(C(F)(F)F)o1.